The first-order chi connectivity index (χ1) is 14.4. The van der Waals surface area contributed by atoms with Crippen molar-refractivity contribution in [3.63, 3.8) is 0 Å². The summed E-state index contributed by atoms with van der Waals surface area (Å²) in [6, 6.07) is 12.9. The fraction of sp³-hybridized carbons (Fsp3) is 0.391. The summed E-state index contributed by atoms with van der Waals surface area (Å²) in [6.07, 6.45) is -0.303. The lowest BCUT2D eigenvalue weighted by Crippen LogP contribution is -2.46. The lowest BCUT2D eigenvalue weighted by atomic mass is 10.1. The van der Waals surface area contributed by atoms with Crippen molar-refractivity contribution in [2.75, 3.05) is 44.0 Å². The van der Waals surface area contributed by atoms with Gasteiger partial charge in [0.15, 0.2) is 6.10 Å². The second-order valence-corrected chi connectivity index (χ2v) is 7.54. The van der Waals surface area contributed by atoms with Crippen LogP contribution in [-0.2, 0) is 16.0 Å². The number of anilines is 2. The van der Waals surface area contributed by atoms with Crippen LogP contribution in [0, 0.1) is 0 Å². The number of rotatable bonds is 8. The van der Waals surface area contributed by atoms with Crippen molar-refractivity contribution in [1.29, 1.82) is 0 Å². The summed E-state index contributed by atoms with van der Waals surface area (Å²) in [7, 11) is 3.94. The topological polar surface area (TPSA) is 71.1 Å². The van der Waals surface area contributed by atoms with E-state index in [1.807, 2.05) is 56.3 Å². The molecule has 30 heavy (non-hydrogen) atoms. The minimum atomic E-state index is -0.561. The molecule has 1 heterocycles. The first-order valence-electron chi connectivity index (χ1n) is 10.2. The fourth-order valence-corrected chi connectivity index (χ4v) is 3.28. The van der Waals surface area contributed by atoms with Crippen LogP contribution in [0.15, 0.2) is 42.5 Å². The highest BCUT2D eigenvalue weighted by atomic mass is 16.5. The molecule has 0 saturated heterocycles. The lowest BCUT2D eigenvalue weighted by molar-refractivity contribution is -0.125. The Kier molecular flexibility index (Phi) is 6.95. The molecule has 0 aliphatic carbocycles. The molecule has 2 aromatic carbocycles. The SMILES string of the molecule is CCOc1ccc(CC(=O)Nc2ccc3c(c2)OC(C)C(=O)N3CCN(C)C)cc1. The van der Waals surface area contributed by atoms with Gasteiger partial charge in [0.25, 0.3) is 5.91 Å². The number of benzene rings is 2. The zero-order chi connectivity index (χ0) is 21.7. The minimum absolute atomic E-state index is 0.0587. The molecule has 2 aromatic rings. The van der Waals surface area contributed by atoms with Crippen molar-refractivity contribution < 1.29 is 19.1 Å². The maximum atomic E-state index is 12.5. The first-order valence-corrected chi connectivity index (χ1v) is 10.2. The number of ether oxygens (including phenoxy) is 2. The summed E-state index contributed by atoms with van der Waals surface area (Å²) in [5, 5.41) is 2.91. The third kappa shape index (κ3) is 5.30. The molecule has 0 saturated carbocycles. The molecule has 1 N–H and O–H groups in total. The molecule has 0 radical (unpaired) electrons. The van der Waals surface area contributed by atoms with Gasteiger partial charge < -0.3 is 24.6 Å². The third-order valence-electron chi connectivity index (χ3n) is 4.82. The highest BCUT2D eigenvalue weighted by Crippen LogP contribution is 2.36. The molecule has 0 bridgehead atoms. The van der Waals surface area contributed by atoms with E-state index in [9.17, 15) is 9.59 Å². The molecule has 1 unspecified atom stereocenters. The number of nitrogens with one attached hydrogen (secondary N) is 1. The quantitative estimate of drug-likeness (QED) is 0.723. The van der Waals surface area contributed by atoms with Crippen molar-refractivity contribution in [3.8, 4) is 11.5 Å². The second kappa shape index (κ2) is 9.63. The summed E-state index contributed by atoms with van der Waals surface area (Å²) in [6.45, 7) is 5.61. The Morgan fingerprint density at radius 1 is 1.20 bits per heavy atom. The van der Waals surface area contributed by atoms with E-state index < -0.39 is 6.10 Å². The number of likely N-dealkylation sites (N-methyl/N-ethyl adjacent to an activating group) is 1. The van der Waals surface area contributed by atoms with Crippen LogP contribution < -0.4 is 19.7 Å². The number of hydrogen-bond acceptors (Lipinski definition) is 5. The smallest absolute Gasteiger partial charge is 0.267 e. The van der Waals surface area contributed by atoms with E-state index in [1.165, 1.54) is 0 Å². The Hall–Kier alpha value is -3.06. The van der Waals surface area contributed by atoms with Gasteiger partial charge in [-0.3, -0.25) is 9.59 Å². The normalized spacial score (nSPS) is 15.6. The molecule has 7 nitrogen and oxygen atoms in total. The summed E-state index contributed by atoms with van der Waals surface area (Å²) >= 11 is 0. The van der Waals surface area contributed by atoms with Crippen LogP contribution in [0.25, 0.3) is 0 Å². The van der Waals surface area contributed by atoms with Gasteiger partial charge in [0, 0.05) is 24.8 Å². The Morgan fingerprint density at radius 2 is 1.93 bits per heavy atom. The minimum Gasteiger partial charge on any atom is -0.494 e. The molecule has 1 atom stereocenters. The first kappa shape index (κ1) is 21.6. The average Bonchev–Trinajstić information content (AvgIpc) is 2.70. The molecule has 2 amide bonds. The molecule has 1 aliphatic rings. The number of carbonyl (C=O) groups is 2. The maximum absolute atomic E-state index is 12.5. The van der Waals surface area contributed by atoms with Crippen LogP contribution in [-0.4, -0.2) is 56.6 Å². The second-order valence-electron chi connectivity index (χ2n) is 7.54. The summed E-state index contributed by atoms with van der Waals surface area (Å²) in [4.78, 5) is 28.8. The lowest BCUT2D eigenvalue weighted by Gasteiger charge is -2.34. The fourth-order valence-electron chi connectivity index (χ4n) is 3.28. The van der Waals surface area contributed by atoms with Crippen LogP contribution >= 0.6 is 0 Å². The van der Waals surface area contributed by atoms with Gasteiger partial charge in [-0.2, -0.15) is 0 Å². The van der Waals surface area contributed by atoms with Gasteiger partial charge in [-0.25, -0.2) is 0 Å². The highest BCUT2D eigenvalue weighted by Gasteiger charge is 2.31. The molecule has 3 rings (SSSR count). The Morgan fingerprint density at radius 3 is 2.60 bits per heavy atom. The van der Waals surface area contributed by atoms with Crippen molar-refractivity contribution >= 4 is 23.2 Å². The molecule has 160 valence electrons. The third-order valence-corrected chi connectivity index (χ3v) is 4.82. The molecule has 1 aliphatic heterocycles. The van der Waals surface area contributed by atoms with Gasteiger partial charge in [-0.1, -0.05) is 12.1 Å². The number of nitrogens with zero attached hydrogens (tertiary/aromatic N) is 2. The summed E-state index contributed by atoms with van der Waals surface area (Å²) in [5.74, 6) is 1.20. The maximum Gasteiger partial charge on any atom is 0.267 e. The average molecular weight is 412 g/mol. The largest absolute Gasteiger partial charge is 0.494 e. The van der Waals surface area contributed by atoms with Gasteiger partial charge in [-0.15, -0.1) is 0 Å². The van der Waals surface area contributed by atoms with E-state index in [4.69, 9.17) is 9.47 Å². The van der Waals surface area contributed by atoms with Crippen molar-refractivity contribution in [2.24, 2.45) is 0 Å². The predicted molar refractivity (Wildman–Crippen MR) is 117 cm³/mol. The Bertz CT molecular complexity index is 896. The van der Waals surface area contributed by atoms with Gasteiger partial charge in [0.1, 0.15) is 11.5 Å². The van der Waals surface area contributed by atoms with E-state index in [0.29, 0.717) is 24.6 Å². The van der Waals surface area contributed by atoms with Crippen LogP contribution in [0.4, 0.5) is 11.4 Å². The zero-order valence-corrected chi connectivity index (χ0v) is 18.0. The molecule has 0 spiro atoms. The van der Waals surface area contributed by atoms with Gasteiger partial charge >= 0.3 is 0 Å². The van der Waals surface area contributed by atoms with Gasteiger partial charge in [0.05, 0.1) is 18.7 Å². The van der Waals surface area contributed by atoms with E-state index >= 15 is 0 Å². The molecule has 7 heteroatoms. The van der Waals surface area contributed by atoms with E-state index in [1.54, 1.807) is 24.0 Å². The molecular formula is C23H29N3O4. The van der Waals surface area contributed by atoms with E-state index in [2.05, 4.69) is 5.32 Å². The summed E-state index contributed by atoms with van der Waals surface area (Å²) < 4.78 is 11.2. The van der Waals surface area contributed by atoms with Crippen molar-refractivity contribution in [1.82, 2.24) is 4.90 Å². The van der Waals surface area contributed by atoms with Crippen LogP contribution in [0.2, 0.25) is 0 Å². The number of fused-ring (bicyclic) bond motifs is 1. The van der Waals surface area contributed by atoms with Crippen LogP contribution in [0.1, 0.15) is 19.4 Å². The van der Waals surface area contributed by atoms with Crippen molar-refractivity contribution in [3.05, 3.63) is 48.0 Å². The van der Waals surface area contributed by atoms with E-state index in [0.717, 1.165) is 23.5 Å². The molecular weight excluding hydrogens is 382 g/mol. The Labute approximate surface area is 177 Å². The van der Waals surface area contributed by atoms with Crippen molar-refractivity contribution in [2.45, 2.75) is 26.4 Å². The Balaban J connectivity index is 1.68. The number of carbonyl (C=O) groups excluding carboxylic acids is 2. The summed E-state index contributed by atoms with van der Waals surface area (Å²) in [5.41, 5.74) is 2.27. The molecule has 0 aromatic heterocycles. The highest BCUT2D eigenvalue weighted by molar-refractivity contribution is 6.00. The standard InChI is InChI=1S/C23H29N3O4/c1-5-29-19-9-6-17(7-10-19)14-22(27)24-18-8-11-20-21(15-18)30-16(2)23(28)26(20)13-12-25(3)4/h6-11,15-16H,5,12-14H2,1-4H3,(H,24,27). The van der Waals surface area contributed by atoms with Crippen LogP contribution in [0.3, 0.4) is 0 Å². The van der Waals surface area contributed by atoms with E-state index in [-0.39, 0.29) is 18.2 Å². The monoisotopic (exact) mass is 411 g/mol. The number of hydrogen-bond donors (Lipinski definition) is 1. The van der Waals surface area contributed by atoms with Gasteiger partial charge in [0.2, 0.25) is 5.91 Å². The molecule has 0 fully saturated rings. The van der Waals surface area contributed by atoms with Crippen LogP contribution in [0.5, 0.6) is 11.5 Å². The predicted octanol–water partition coefficient (Wildman–Crippen LogP) is 2.94. The zero-order valence-electron chi connectivity index (χ0n) is 18.0. The number of amides is 2. The van der Waals surface area contributed by atoms with Gasteiger partial charge in [-0.05, 0) is 57.8 Å².